The van der Waals surface area contributed by atoms with E-state index in [-0.39, 0.29) is 64.6 Å². The Bertz CT molecular complexity index is 1410. The second-order valence-corrected chi connectivity index (χ2v) is 15.3. The summed E-state index contributed by atoms with van der Waals surface area (Å²) < 4.78 is 6.35. The molecule has 4 fully saturated rings. The van der Waals surface area contributed by atoms with Crippen molar-refractivity contribution < 1.29 is 24.2 Å². The molecular formula is C33H47N3O7S. The molecule has 5 rings (SSSR count). The van der Waals surface area contributed by atoms with Crippen LogP contribution in [0, 0.1) is 34.0 Å². The molecular weight excluding hydrogens is 582 g/mol. The maximum atomic E-state index is 13.6. The Balaban J connectivity index is 1.31. The molecule has 4 N–H and O–H groups in total. The number of hydrogen-bond acceptors (Lipinski definition) is 10. The molecule has 1 saturated heterocycles. The first kappa shape index (κ1) is 32.7. The van der Waals surface area contributed by atoms with Crippen LogP contribution in [0.5, 0.6) is 0 Å². The van der Waals surface area contributed by atoms with Gasteiger partial charge in [-0.3, -0.25) is 24.0 Å². The summed E-state index contributed by atoms with van der Waals surface area (Å²) in [4.78, 5) is 64.8. The van der Waals surface area contributed by atoms with Crippen molar-refractivity contribution in [3.05, 3.63) is 33.1 Å². The molecule has 3 saturated carbocycles. The normalized spacial score (nSPS) is 38.6. The number of primary amides is 1. The number of thioether (sulfide) groups is 1. The Morgan fingerprint density at radius 2 is 1.91 bits per heavy atom. The number of amides is 1. The maximum absolute atomic E-state index is 13.6. The van der Waals surface area contributed by atoms with Gasteiger partial charge in [-0.2, -0.15) is 0 Å². The molecule has 1 aliphatic heterocycles. The van der Waals surface area contributed by atoms with Crippen LogP contribution < -0.4 is 26.8 Å². The number of nitrogens with two attached hydrogens (primary N) is 1. The largest absolute Gasteiger partial charge is 0.461 e. The molecule has 0 spiro atoms. The van der Waals surface area contributed by atoms with Crippen molar-refractivity contribution >= 4 is 40.8 Å². The Kier molecular flexibility index (Phi) is 8.87. The average Bonchev–Trinajstić information content (AvgIpc) is 3.59. The van der Waals surface area contributed by atoms with Crippen LogP contribution in [0.2, 0.25) is 0 Å². The lowest BCUT2D eigenvalue weighted by Gasteiger charge is -2.61. The van der Waals surface area contributed by atoms with Crippen molar-refractivity contribution in [3.8, 4) is 0 Å². The van der Waals surface area contributed by atoms with Gasteiger partial charge in [-0.1, -0.05) is 33.8 Å². The topological polar surface area (TPSA) is 156 Å². The summed E-state index contributed by atoms with van der Waals surface area (Å²) in [7, 11) is 0. The molecule has 44 heavy (non-hydrogen) atoms. The molecule has 4 aliphatic rings. The summed E-state index contributed by atoms with van der Waals surface area (Å²) in [5.74, 6) is -0.336. The molecule has 3 aliphatic carbocycles. The number of aliphatic hydroxyl groups excluding tert-OH is 1. The summed E-state index contributed by atoms with van der Waals surface area (Å²) in [6, 6.07) is -0.0556. The molecule has 10 nitrogen and oxygen atoms in total. The van der Waals surface area contributed by atoms with Crippen molar-refractivity contribution in [2.24, 2.45) is 39.7 Å². The fourth-order valence-corrected chi connectivity index (χ4v) is 10.2. The van der Waals surface area contributed by atoms with Crippen LogP contribution >= 0.6 is 11.8 Å². The number of hydrogen-bond donors (Lipinski definition) is 3. The number of carbonyl (C=O) groups is 3. The van der Waals surface area contributed by atoms with E-state index in [9.17, 15) is 29.1 Å². The van der Waals surface area contributed by atoms with Crippen LogP contribution in [0.3, 0.4) is 0 Å². The predicted octanol–water partition coefficient (Wildman–Crippen LogP) is 2.79. The van der Waals surface area contributed by atoms with E-state index in [1.165, 1.54) is 11.8 Å². The van der Waals surface area contributed by atoms with Gasteiger partial charge in [0.2, 0.25) is 5.91 Å². The number of aliphatic hydroxyl groups is 1. The smallest absolute Gasteiger partial charge is 0.316 e. The molecule has 1 heterocycles. The molecule has 242 valence electrons. The fraction of sp³-hybridized carbons (Fsp3) is 0.727. The number of nitrogens with one attached hydrogen (secondary N) is 1. The second kappa shape index (κ2) is 11.9. The van der Waals surface area contributed by atoms with Gasteiger partial charge in [0.15, 0.2) is 0 Å². The standard InChI is InChI=1S/C33H47N3O7S/c1-6-31(4)14-22(32(5)18(2)9-11-33(19(3)30(31)42)12-10-21(37)29(32)33)43-24(39)17-44-16-20-8-7-13-36(20)26-25(27(40)28(26)41)35-15-23(34)38/h6,18-20,22,29-30,35,42H,1,7-17H2,2-5H3,(H2,34,38)/t18-,19+,20?,22-,29+,30+,31-,32+,33+/m1/s1. The van der Waals surface area contributed by atoms with E-state index in [1.807, 2.05) is 11.8 Å². The molecule has 2 bridgehead atoms. The highest BCUT2D eigenvalue weighted by Crippen LogP contribution is 2.68. The highest BCUT2D eigenvalue weighted by Gasteiger charge is 2.68. The van der Waals surface area contributed by atoms with Gasteiger partial charge in [0.05, 0.1) is 18.4 Å². The van der Waals surface area contributed by atoms with Crippen molar-refractivity contribution in [3.63, 3.8) is 0 Å². The van der Waals surface area contributed by atoms with Crippen molar-refractivity contribution in [1.29, 1.82) is 0 Å². The van der Waals surface area contributed by atoms with Gasteiger partial charge >= 0.3 is 5.97 Å². The van der Waals surface area contributed by atoms with Gasteiger partial charge in [-0.25, -0.2) is 0 Å². The van der Waals surface area contributed by atoms with Gasteiger partial charge in [-0.15, -0.1) is 18.3 Å². The number of esters is 1. The Morgan fingerprint density at radius 1 is 1.18 bits per heavy atom. The highest BCUT2D eigenvalue weighted by atomic mass is 32.2. The molecule has 0 radical (unpaired) electrons. The Morgan fingerprint density at radius 3 is 2.59 bits per heavy atom. The molecule has 1 unspecified atom stereocenters. The van der Waals surface area contributed by atoms with E-state index >= 15 is 0 Å². The minimum Gasteiger partial charge on any atom is -0.461 e. The summed E-state index contributed by atoms with van der Waals surface area (Å²) in [5.41, 5.74) is 2.81. The second-order valence-electron chi connectivity index (χ2n) is 14.3. The summed E-state index contributed by atoms with van der Waals surface area (Å²) in [6.07, 6.45) is 5.58. The van der Waals surface area contributed by atoms with Crippen LogP contribution in [-0.2, 0) is 19.1 Å². The predicted molar refractivity (Wildman–Crippen MR) is 171 cm³/mol. The molecule has 1 aromatic carbocycles. The van der Waals surface area contributed by atoms with Crippen LogP contribution in [0.4, 0.5) is 11.4 Å². The zero-order valence-electron chi connectivity index (χ0n) is 26.4. The maximum Gasteiger partial charge on any atom is 0.316 e. The zero-order valence-corrected chi connectivity index (χ0v) is 27.2. The lowest BCUT2D eigenvalue weighted by molar-refractivity contribution is -0.205. The minimum atomic E-state index is -0.715. The van der Waals surface area contributed by atoms with E-state index in [1.54, 1.807) is 6.08 Å². The lowest BCUT2D eigenvalue weighted by Crippen LogP contribution is -2.63. The first-order chi connectivity index (χ1) is 20.7. The Hall–Kier alpha value is -2.66. The van der Waals surface area contributed by atoms with Gasteiger partial charge in [-0.05, 0) is 55.8 Å². The number of nitrogens with zero attached hydrogens (tertiary/aromatic N) is 1. The van der Waals surface area contributed by atoms with Gasteiger partial charge in [0.25, 0.3) is 10.9 Å². The number of carbonyl (C=O) groups excluding carboxylic acids is 3. The number of anilines is 2. The van der Waals surface area contributed by atoms with E-state index in [0.29, 0.717) is 25.1 Å². The molecule has 1 aromatic rings. The third kappa shape index (κ3) is 5.11. The Labute approximate surface area is 263 Å². The minimum absolute atomic E-state index is 0.0556. The average molecular weight is 630 g/mol. The van der Waals surface area contributed by atoms with Gasteiger partial charge in [0, 0.05) is 41.5 Å². The van der Waals surface area contributed by atoms with E-state index in [2.05, 4.69) is 32.7 Å². The lowest BCUT2D eigenvalue weighted by atomic mass is 9.44. The highest BCUT2D eigenvalue weighted by molar-refractivity contribution is 7.99. The van der Waals surface area contributed by atoms with Crippen LogP contribution in [0.15, 0.2) is 22.2 Å². The zero-order chi connectivity index (χ0) is 32.2. The summed E-state index contributed by atoms with van der Waals surface area (Å²) >= 11 is 1.42. The number of Topliss-reactive ketones (excluding diaryl/α,β-unsaturated/α-hetero) is 1. The van der Waals surface area contributed by atoms with Crippen molar-refractivity contribution in [1.82, 2.24) is 0 Å². The first-order valence-corrected chi connectivity index (χ1v) is 17.1. The SMILES string of the molecule is C=C[C@]1(C)C[C@@H](OC(=O)CSCC2CCCN2c2c(NCC(N)=O)c(=O)c2=O)[C@]2(C)[C@H](C)CC[C@]3(CCC(=O)[C@H]32)[C@@H](C)[C@@H]1O. The summed E-state index contributed by atoms with van der Waals surface area (Å²) in [5, 5.41) is 14.4. The number of ether oxygens (including phenoxy) is 1. The number of rotatable bonds is 10. The first-order valence-electron chi connectivity index (χ1n) is 15.9. The van der Waals surface area contributed by atoms with Crippen molar-refractivity contribution in [2.45, 2.75) is 90.9 Å². The molecule has 9 atom stereocenters. The summed E-state index contributed by atoms with van der Waals surface area (Å²) in [6.45, 7) is 12.8. The number of ketones is 1. The molecule has 11 heteroatoms. The molecule has 1 amide bonds. The van der Waals surface area contributed by atoms with E-state index in [4.69, 9.17) is 10.5 Å². The van der Waals surface area contributed by atoms with E-state index in [0.717, 1.165) is 32.1 Å². The van der Waals surface area contributed by atoms with Gasteiger partial charge < -0.3 is 25.8 Å². The van der Waals surface area contributed by atoms with Crippen molar-refractivity contribution in [2.75, 3.05) is 34.8 Å². The fourth-order valence-electron chi connectivity index (χ4n) is 9.27. The monoisotopic (exact) mass is 629 g/mol. The third-order valence-corrected chi connectivity index (χ3v) is 13.2. The molecule has 0 aromatic heterocycles. The van der Waals surface area contributed by atoms with Gasteiger partial charge in [0.1, 0.15) is 23.3 Å². The van der Waals surface area contributed by atoms with Crippen LogP contribution in [0.25, 0.3) is 0 Å². The van der Waals surface area contributed by atoms with Crippen LogP contribution in [-0.4, -0.2) is 65.6 Å². The third-order valence-electron chi connectivity index (χ3n) is 12.1. The van der Waals surface area contributed by atoms with Crippen LogP contribution in [0.1, 0.15) is 72.6 Å². The van der Waals surface area contributed by atoms with E-state index < -0.39 is 39.8 Å². The quantitative estimate of drug-likeness (QED) is 0.200.